The van der Waals surface area contributed by atoms with E-state index in [9.17, 15) is 8.42 Å². The summed E-state index contributed by atoms with van der Waals surface area (Å²) in [5, 5.41) is 0.824. The van der Waals surface area contributed by atoms with Gasteiger partial charge in [0.05, 0.1) is 10.4 Å². The smallest absolute Gasteiger partial charge is 0.242 e. The lowest BCUT2D eigenvalue weighted by atomic mass is 10.2. The highest BCUT2D eigenvalue weighted by molar-refractivity contribution is 7.89. The molecule has 0 unspecified atom stereocenters. The molecule has 0 aliphatic heterocycles. The summed E-state index contributed by atoms with van der Waals surface area (Å²) in [5.41, 5.74) is 0.792. The standard InChI is InChI=1S/C11H12N2O2S/c1-13(2)16(14,15)10-5-6-11-9(8-10)4-3-7-12-11/h3-8H,1-2H3. The molecule has 0 aliphatic rings. The molecule has 5 heteroatoms. The van der Waals surface area contributed by atoms with Crippen molar-refractivity contribution in [3.8, 4) is 0 Å². The van der Waals surface area contributed by atoms with E-state index in [-0.39, 0.29) is 4.90 Å². The fourth-order valence-electron chi connectivity index (χ4n) is 1.42. The Balaban J connectivity index is 2.65. The van der Waals surface area contributed by atoms with E-state index in [2.05, 4.69) is 4.98 Å². The molecule has 84 valence electrons. The van der Waals surface area contributed by atoms with Crippen molar-refractivity contribution in [1.82, 2.24) is 9.29 Å². The van der Waals surface area contributed by atoms with Crippen LogP contribution >= 0.6 is 0 Å². The number of aromatic nitrogens is 1. The lowest BCUT2D eigenvalue weighted by Gasteiger charge is -2.11. The Kier molecular flexibility index (Phi) is 2.65. The molecule has 0 radical (unpaired) electrons. The molecule has 1 aromatic carbocycles. The minimum Gasteiger partial charge on any atom is -0.256 e. The Hall–Kier alpha value is -1.46. The van der Waals surface area contributed by atoms with Gasteiger partial charge in [-0.1, -0.05) is 6.07 Å². The van der Waals surface area contributed by atoms with Crippen LogP contribution in [0.4, 0.5) is 0 Å². The normalized spacial score (nSPS) is 12.2. The maximum absolute atomic E-state index is 11.9. The molecule has 0 fully saturated rings. The van der Waals surface area contributed by atoms with Gasteiger partial charge in [-0.25, -0.2) is 12.7 Å². The molecule has 2 rings (SSSR count). The number of pyridine rings is 1. The second kappa shape index (κ2) is 3.84. The number of nitrogens with zero attached hydrogens (tertiary/aromatic N) is 2. The van der Waals surface area contributed by atoms with Gasteiger partial charge in [0.2, 0.25) is 10.0 Å². The van der Waals surface area contributed by atoms with Crippen LogP contribution in [-0.4, -0.2) is 31.8 Å². The highest BCUT2D eigenvalue weighted by Crippen LogP contribution is 2.18. The molecule has 1 heterocycles. The Morgan fingerprint density at radius 2 is 1.94 bits per heavy atom. The van der Waals surface area contributed by atoms with Crippen LogP contribution in [-0.2, 0) is 10.0 Å². The lowest BCUT2D eigenvalue weighted by Crippen LogP contribution is -2.22. The van der Waals surface area contributed by atoms with Gasteiger partial charge in [0.1, 0.15) is 0 Å². The van der Waals surface area contributed by atoms with Crippen LogP contribution in [0.5, 0.6) is 0 Å². The first-order valence-electron chi connectivity index (χ1n) is 4.79. The summed E-state index contributed by atoms with van der Waals surface area (Å²) in [6.45, 7) is 0. The van der Waals surface area contributed by atoms with Gasteiger partial charge in [-0.2, -0.15) is 0 Å². The highest BCUT2D eigenvalue weighted by atomic mass is 32.2. The number of sulfonamides is 1. The second-order valence-electron chi connectivity index (χ2n) is 3.65. The van der Waals surface area contributed by atoms with E-state index in [0.29, 0.717) is 0 Å². The van der Waals surface area contributed by atoms with E-state index in [0.717, 1.165) is 10.9 Å². The fourth-order valence-corrected chi connectivity index (χ4v) is 2.36. The summed E-state index contributed by atoms with van der Waals surface area (Å²) in [4.78, 5) is 4.43. The second-order valence-corrected chi connectivity index (χ2v) is 5.80. The van der Waals surface area contributed by atoms with Crippen LogP contribution < -0.4 is 0 Å². The molecule has 0 N–H and O–H groups in total. The number of rotatable bonds is 2. The van der Waals surface area contributed by atoms with Gasteiger partial charge in [-0.3, -0.25) is 4.98 Å². The maximum Gasteiger partial charge on any atom is 0.242 e. The van der Waals surface area contributed by atoms with E-state index in [1.807, 2.05) is 6.07 Å². The van der Waals surface area contributed by atoms with Crippen molar-refractivity contribution >= 4 is 20.9 Å². The molecule has 0 saturated heterocycles. The Morgan fingerprint density at radius 1 is 1.19 bits per heavy atom. The van der Waals surface area contributed by atoms with Gasteiger partial charge in [0.15, 0.2) is 0 Å². The maximum atomic E-state index is 11.9. The average molecular weight is 236 g/mol. The summed E-state index contributed by atoms with van der Waals surface area (Å²) in [5.74, 6) is 0. The van der Waals surface area contributed by atoms with Crippen molar-refractivity contribution in [1.29, 1.82) is 0 Å². The predicted molar refractivity (Wildman–Crippen MR) is 62.6 cm³/mol. The first-order chi connectivity index (χ1) is 7.51. The first kappa shape index (κ1) is 11.0. The minimum atomic E-state index is -3.36. The third-order valence-corrected chi connectivity index (χ3v) is 4.16. The van der Waals surface area contributed by atoms with Crippen LogP contribution in [0.25, 0.3) is 10.9 Å². The molecule has 16 heavy (non-hydrogen) atoms. The van der Waals surface area contributed by atoms with Crippen LogP contribution in [0, 0.1) is 0 Å². The van der Waals surface area contributed by atoms with E-state index in [1.165, 1.54) is 18.4 Å². The SMILES string of the molecule is CN(C)S(=O)(=O)c1ccc2ncccc2c1. The van der Waals surface area contributed by atoms with Crippen molar-refractivity contribution in [2.45, 2.75) is 4.90 Å². The monoisotopic (exact) mass is 236 g/mol. The Bertz CT molecular complexity index is 621. The molecule has 0 spiro atoms. The van der Waals surface area contributed by atoms with E-state index >= 15 is 0 Å². The Morgan fingerprint density at radius 3 is 2.62 bits per heavy atom. The molecule has 0 saturated carbocycles. The molecule has 0 amide bonds. The van der Waals surface area contributed by atoms with Crippen LogP contribution in [0.15, 0.2) is 41.4 Å². The largest absolute Gasteiger partial charge is 0.256 e. The summed E-state index contributed by atoms with van der Waals surface area (Å²) >= 11 is 0. The molecule has 1 aromatic heterocycles. The van der Waals surface area contributed by atoms with Gasteiger partial charge >= 0.3 is 0 Å². The van der Waals surface area contributed by atoms with Crippen molar-refractivity contribution < 1.29 is 8.42 Å². The molecule has 0 bridgehead atoms. The zero-order valence-corrected chi connectivity index (χ0v) is 9.90. The fraction of sp³-hybridized carbons (Fsp3) is 0.182. The molecule has 0 atom stereocenters. The number of hydrogen-bond acceptors (Lipinski definition) is 3. The van der Waals surface area contributed by atoms with Gasteiger partial charge in [0.25, 0.3) is 0 Å². The lowest BCUT2D eigenvalue weighted by molar-refractivity contribution is 0.521. The summed E-state index contributed by atoms with van der Waals surface area (Å²) in [6.07, 6.45) is 1.68. The zero-order valence-electron chi connectivity index (χ0n) is 9.08. The third-order valence-electron chi connectivity index (χ3n) is 2.35. The van der Waals surface area contributed by atoms with E-state index in [4.69, 9.17) is 0 Å². The van der Waals surface area contributed by atoms with Crippen molar-refractivity contribution in [3.05, 3.63) is 36.5 Å². The Labute approximate surface area is 94.6 Å². The minimum absolute atomic E-state index is 0.290. The average Bonchev–Trinajstić information content (AvgIpc) is 2.28. The van der Waals surface area contributed by atoms with Crippen LogP contribution in [0.1, 0.15) is 0 Å². The number of benzene rings is 1. The highest BCUT2D eigenvalue weighted by Gasteiger charge is 2.16. The van der Waals surface area contributed by atoms with Gasteiger partial charge < -0.3 is 0 Å². The summed E-state index contributed by atoms with van der Waals surface area (Å²) in [7, 11) is -0.330. The topological polar surface area (TPSA) is 50.3 Å². The van der Waals surface area contributed by atoms with Gasteiger partial charge in [0, 0.05) is 25.7 Å². The molecule has 2 aromatic rings. The first-order valence-corrected chi connectivity index (χ1v) is 6.23. The molecule has 0 aliphatic carbocycles. The number of fused-ring (bicyclic) bond motifs is 1. The van der Waals surface area contributed by atoms with Crippen molar-refractivity contribution in [2.24, 2.45) is 0 Å². The molecular formula is C11H12N2O2S. The predicted octanol–water partition coefficient (Wildman–Crippen LogP) is 1.49. The van der Waals surface area contributed by atoms with Crippen LogP contribution in [0.3, 0.4) is 0 Å². The van der Waals surface area contributed by atoms with E-state index < -0.39 is 10.0 Å². The van der Waals surface area contributed by atoms with Gasteiger partial charge in [-0.15, -0.1) is 0 Å². The zero-order chi connectivity index (χ0) is 11.8. The molecule has 4 nitrogen and oxygen atoms in total. The van der Waals surface area contributed by atoms with Gasteiger partial charge in [-0.05, 0) is 24.3 Å². The quantitative estimate of drug-likeness (QED) is 0.793. The van der Waals surface area contributed by atoms with Crippen molar-refractivity contribution in [3.63, 3.8) is 0 Å². The number of hydrogen-bond donors (Lipinski definition) is 0. The third kappa shape index (κ3) is 1.79. The van der Waals surface area contributed by atoms with Crippen molar-refractivity contribution in [2.75, 3.05) is 14.1 Å². The summed E-state index contributed by atoms with van der Waals surface area (Å²) in [6, 6.07) is 8.56. The van der Waals surface area contributed by atoms with Crippen LogP contribution in [0.2, 0.25) is 0 Å². The van der Waals surface area contributed by atoms with E-state index in [1.54, 1.807) is 30.5 Å². The molecular weight excluding hydrogens is 224 g/mol. The summed E-state index contributed by atoms with van der Waals surface area (Å²) < 4.78 is 25.0.